The molecule has 0 aliphatic heterocycles. The summed E-state index contributed by atoms with van der Waals surface area (Å²) < 4.78 is 10.3. The maximum absolute atomic E-state index is 6.13. The van der Waals surface area contributed by atoms with Crippen LogP contribution in [0.3, 0.4) is 0 Å². The Morgan fingerprint density at radius 2 is 2.00 bits per heavy atom. The Kier molecular flexibility index (Phi) is 7.63. The number of halogens is 2. The molecule has 0 amide bonds. The van der Waals surface area contributed by atoms with Gasteiger partial charge in [-0.15, -0.1) is 0 Å². The number of hydrogen-bond donors (Lipinski definition) is 1. The highest BCUT2D eigenvalue weighted by Gasteiger charge is 2.09. The zero-order valence-electron chi connectivity index (χ0n) is 10.7. The van der Waals surface area contributed by atoms with Gasteiger partial charge in [0.15, 0.2) is 0 Å². The molecular weight excluding hydrogens is 273 g/mol. The third-order valence-electron chi connectivity index (χ3n) is 2.55. The molecule has 3 nitrogen and oxygen atoms in total. The Labute approximate surface area is 118 Å². The van der Waals surface area contributed by atoms with E-state index in [2.05, 4.69) is 5.32 Å². The number of ether oxygens (including phenoxy) is 2. The Morgan fingerprint density at radius 3 is 2.72 bits per heavy atom. The minimum atomic E-state index is 0.141. The lowest BCUT2D eigenvalue weighted by Crippen LogP contribution is -2.24. The van der Waals surface area contributed by atoms with Gasteiger partial charge < -0.3 is 14.8 Å². The van der Waals surface area contributed by atoms with E-state index in [1.54, 1.807) is 13.2 Å². The van der Waals surface area contributed by atoms with Crippen LogP contribution in [0.1, 0.15) is 18.5 Å². The van der Waals surface area contributed by atoms with Crippen molar-refractivity contribution in [1.82, 2.24) is 5.32 Å². The lowest BCUT2D eigenvalue weighted by atomic mass is 10.1. The molecule has 1 unspecified atom stereocenters. The molecule has 0 aromatic heterocycles. The molecule has 0 aliphatic carbocycles. The summed E-state index contributed by atoms with van der Waals surface area (Å²) in [4.78, 5) is 0. The second-order valence-electron chi connectivity index (χ2n) is 3.95. The lowest BCUT2D eigenvalue weighted by Gasteiger charge is -2.16. The van der Waals surface area contributed by atoms with Gasteiger partial charge in [-0.2, -0.15) is 0 Å². The van der Waals surface area contributed by atoms with Gasteiger partial charge in [-0.1, -0.05) is 23.2 Å². The predicted molar refractivity (Wildman–Crippen MR) is 75.6 cm³/mol. The van der Waals surface area contributed by atoms with Gasteiger partial charge in [-0.3, -0.25) is 0 Å². The van der Waals surface area contributed by atoms with E-state index in [0.29, 0.717) is 24.8 Å². The normalized spacial score (nSPS) is 12.7. The van der Waals surface area contributed by atoms with Crippen molar-refractivity contribution in [3.63, 3.8) is 0 Å². The fraction of sp³-hybridized carbons (Fsp3) is 0.538. The fourth-order valence-corrected chi connectivity index (χ4v) is 2.01. The quantitative estimate of drug-likeness (QED) is 0.746. The molecular formula is C13H19Cl2NO2. The Hall–Kier alpha value is -0.320. The molecule has 1 rings (SSSR count). The molecule has 0 saturated heterocycles. The lowest BCUT2D eigenvalue weighted by molar-refractivity contribution is 0.0712. The van der Waals surface area contributed by atoms with Gasteiger partial charge in [0.2, 0.25) is 0 Å². The highest BCUT2D eigenvalue weighted by atomic mass is 35.5. The van der Waals surface area contributed by atoms with Crippen LogP contribution in [0.25, 0.3) is 0 Å². The zero-order chi connectivity index (χ0) is 13.4. The summed E-state index contributed by atoms with van der Waals surface area (Å²) >= 11 is 12.1. The van der Waals surface area contributed by atoms with Crippen molar-refractivity contribution in [2.45, 2.75) is 13.0 Å². The Bertz CT molecular complexity index is 361. The molecule has 0 bridgehead atoms. The van der Waals surface area contributed by atoms with E-state index < -0.39 is 0 Å². The highest BCUT2D eigenvalue weighted by molar-refractivity contribution is 6.33. The van der Waals surface area contributed by atoms with E-state index in [1.807, 2.05) is 19.1 Å². The van der Waals surface area contributed by atoms with Crippen molar-refractivity contribution in [3.05, 3.63) is 33.8 Å². The van der Waals surface area contributed by atoms with Gasteiger partial charge in [-0.25, -0.2) is 0 Å². The first-order valence-electron chi connectivity index (χ1n) is 5.90. The van der Waals surface area contributed by atoms with Crippen LogP contribution in [0, 0.1) is 0 Å². The SMILES string of the molecule is COCCOCCNC(C)c1cc(Cl)ccc1Cl. The standard InChI is InChI=1S/C13H19Cl2NO2/c1-10(16-5-6-18-8-7-17-2)12-9-11(14)3-4-13(12)15/h3-4,9-10,16H,5-8H2,1-2H3. The van der Waals surface area contributed by atoms with Gasteiger partial charge in [0.1, 0.15) is 0 Å². The van der Waals surface area contributed by atoms with Crippen LogP contribution in [0.15, 0.2) is 18.2 Å². The van der Waals surface area contributed by atoms with E-state index in [9.17, 15) is 0 Å². The van der Waals surface area contributed by atoms with Gasteiger partial charge in [0.05, 0.1) is 19.8 Å². The summed E-state index contributed by atoms with van der Waals surface area (Å²) in [6.07, 6.45) is 0. The third-order valence-corrected chi connectivity index (χ3v) is 3.13. The number of rotatable bonds is 8. The van der Waals surface area contributed by atoms with Gasteiger partial charge in [0.25, 0.3) is 0 Å². The molecule has 1 aromatic rings. The van der Waals surface area contributed by atoms with E-state index in [0.717, 1.165) is 17.1 Å². The van der Waals surface area contributed by atoms with Gasteiger partial charge in [0, 0.05) is 29.7 Å². The summed E-state index contributed by atoms with van der Waals surface area (Å²) in [5, 5.41) is 4.75. The maximum Gasteiger partial charge on any atom is 0.0700 e. The van der Waals surface area contributed by atoms with Crippen LogP contribution in [0.4, 0.5) is 0 Å². The van der Waals surface area contributed by atoms with Gasteiger partial charge in [-0.05, 0) is 30.7 Å². The predicted octanol–water partition coefficient (Wildman–Crippen LogP) is 3.31. The van der Waals surface area contributed by atoms with Crippen LogP contribution in [0.5, 0.6) is 0 Å². The topological polar surface area (TPSA) is 30.5 Å². The van der Waals surface area contributed by atoms with Crippen molar-refractivity contribution in [2.75, 3.05) is 33.5 Å². The van der Waals surface area contributed by atoms with Crippen molar-refractivity contribution >= 4 is 23.2 Å². The molecule has 0 heterocycles. The number of nitrogens with one attached hydrogen (secondary N) is 1. The number of benzene rings is 1. The second kappa shape index (κ2) is 8.73. The minimum Gasteiger partial charge on any atom is -0.382 e. The van der Waals surface area contributed by atoms with Crippen LogP contribution in [-0.4, -0.2) is 33.5 Å². The first kappa shape index (κ1) is 15.7. The van der Waals surface area contributed by atoms with Crippen LogP contribution < -0.4 is 5.32 Å². The average Bonchev–Trinajstić information content (AvgIpc) is 2.36. The summed E-state index contributed by atoms with van der Waals surface area (Å²) in [5.74, 6) is 0. The summed E-state index contributed by atoms with van der Waals surface area (Å²) in [7, 11) is 1.66. The molecule has 0 fully saturated rings. The molecule has 18 heavy (non-hydrogen) atoms. The molecule has 5 heteroatoms. The van der Waals surface area contributed by atoms with Crippen LogP contribution in [-0.2, 0) is 9.47 Å². The maximum atomic E-state index is 6.13. The fourth-order valence-electron chi connectivity index (χ4n) is 1.55. The van der Waals surface area contributed by atoms with Crippen molar-refractivity contribution in [3.8, 4) is 0 Å². The molecule has 102 valence electrons. The largest absolute Gasteiger partial charge is 0.382 e. The highest BCUT2D eigenvalue weighted by Crippen LogP contribution is 2.25. The molecule has 1 N–H and O–H groups in total. The van der Waals surface area contributed by atoms with Crippen molar-refractivity contribution < 1.29 is 9.47 Å². The first-order chi connectivity index (χ1) is 8.65. The van der Waals surface area contributed by atoms with Crippen molar-refractivity contribution in [2.24, 2.45) is 0 Å². The molecule has 0 spiro atoms. The van der Waals surface area contributed by atoms with E-state index >= 15 is 0 Å². The zero-order valence-corrected chi connectivity index (χ0v) is 12.2. The summed E-state index contributed by atoms with van der Waals surface area (Å²) in [6.45, 7) is 4.69. The average molecular weight is 292 g/mol. The minimum absolute atomic E-state index is 0.141. The molecule has 0 saturated carbocycles. The number of hydrogen-bond acceptors (Lipinski definition) is 3. The molecule has 0 aliphatic rings. The van der Waals surface area contributed by atoms with Crippen LogP contribution >= 0.6 is 23.2 Å². The Morgan fingerprint density at radius 1 is 1.22 bits per heavy atom. The molecule has 0 radical (unpaired) electrons. The van der Waals surface area contributed by atoms with Crippen molar-refractivity contribution in [1.29, 1.82) is 0 Å². The van der Waals surface area contributed by atoms with E-state index in [4.69, 9.17) is 32.7 Å². The van der Waals surface area contributed by atoms with Crippen LogP contribution in [0.2, 0.25) is 10.0 Å². The third kappa shape index (κ3) is 5.55. The monoisotopic (exact) mass is 291 g/mol. The van der Waals surface area contributed by atoms with E-state index in [1.165, 1.54) is 0 Å². The van der Waals surface area contributed by atoms with E-state index in [-0.39, 0.29) is 6.04 Å². The second-order valence-corrected chi connectivity index (χ2v) is 4.79. The Balaban J connectivity index is 2.31. The van der Waals surface area contributed by atoms with Gasteiger partial charge >= 0.3 is 0 Å². The molecule has 1 aromatic carbocycles. The smallest absolute Gasteiger partial charge is 0.0700 e. The summed E-state index contributed by atoms with van der Waals surface area (Å²) in [6, 6.07) is 5.62. The summed E-state index contributed by atoms with van der Waals surface area (Å²) in [5.41, 5.74) is 1.00. The first-order valence-corrected chi connectivity index (χ1v) is 6.65. The molecule has 1 atom stereocenters. The number of methoxy groups -OCH3 is 1.